The summed E-state index contributed by atoms with van der Waals surface area (Å²) in [6.45, 7) is -0.196. The minimum absolute atomic E-state index is 0.196. The van der Waals surface area contributed by atoms with Gasteiger partial charge in [-0.3, -0.25) is 9.59 Å². The van der Waals surface area contributed by atoms with Crippen molar-refractivity contribution in [1.82, 2.24) is 5.43 Å². The Morgan fingerprint density at radius 2 is 1.77 bits per heavy atom. The average molecular weight is 521 g/mol. The highest BCUT2D eigenvalue weighted by Gasteiger charge is 2.09. The molecule has 0 atom stereocenters. The second kappa shape index (κ2) is 10.9. The zero-order valence-corrected chi connectivity index (χ0v) is 19.0. The molecule has 0 fully saturated rings. The van der Waals surface area contributed by atoms with Crippen LogP contribution in [0.5, 0.6) is 5.75 Å². The van der Waals surface area contributed by atoms with E-state index in [4.69, 9.17) is 27.9 Å². The minimum atomic E-state index is -0.371. The van der Waals surface area contributed by atoms with E-state index in [1.807, 2.05) is 6.07 Å². The van der Waals surface area contributed by atoms with Crippen LogP contribution in [0.15, 0.2) is 76.3 Å². The zero-order valence-electron chi connectivity index (χ0n) is 15.9. The van der Waals surface area contributed by atoms with Crippen LogP contribution < -0.4 is 15.5 Å². The molecule has 3 rings (SSSR count). The maximum Gasteiger partial charge on any atom is 0.272 e. The Hall–Kier alpha value is -2.87. The number of carbonyl (C=O) groups excluding carboxylic acids is 2. The Morgan fingerprint density at radius 3 is 2.52 bits per heavy atom. The van der Waals surface area contributed by atoms with Crippen LogP contribution in [0, 0.1) is 0 Å². The third-order valence-electron chi connectivity index (χ3n) is 3.95. The smallest absolute Gasteiger partial charge is 0.272 e. The van der Waals surface area contributed by atoms with Crippen LogP contribution in [0.1, 0.15) is 15.9 Å². The van der Waals surface area contributed by atoms with Crippen LogP contribution in [-0.4, -0.2) is 24.6 Å². The fraction of sp³-hybridized carbons (Fsp3) is 0.0455. The van der Waals surface area contributed by atoms with Crippen molar-refractivity contribution in [2.24, 2.45) is 5.10 Å². The fourth-order valence-corrected chi connectivity index (χ4v) is 3.25. The number of rotatable bonds is 7. The molecule has 0 aliphatic heterocycles. The molecule has 6 nitrogen and oxygen atoms in total. The predicted octanol–water partition coefficient (Wildman–Crippen LogP) is 5.54. The molecule has 9 heteroatoms. The van der Waals surface area contributed by atoms with Gasteiger partial charge in [0, 0.05) is 9.50 Å². The molecule has 2 N–H and O–H groups in total. The molecule has 0 unspecified atom stereocenters. The molecule has 158 valence electrons. The lowest BCUT2D eigenvalue weighted by atomic mass is 10.2. The molecule has 0 heterocycles. The van der Waals surface area contributed by atoms with E-state index in [1.54, 1.807) is 60.7 Å². The van der Waals surface area contributed by atoms with Crippen molar-refractivity contribution in [3.63, 3.8) is 0 Å². The molecule has 0 aromatic heterocycles. The average Bonchev–Trinajstić information content (AvgIpc) is 2.76. The Labute approximate surface area is 197 Å². The second-order valence-corrected chi connectivity index (χ2v) is 7.91. The third-order valence-corrected chi connectivity index (χ3v) is 5.21. The fourth-order valence-electron chi connectivity index (χ4n) is 2.45. The monoisotopic (exact) mass is 519 g/mol. The first-order valence-corrected chi connectivity index (χ1v) is 10.5. The van der Waals surface area contributed by atoms with Crippen molar-refractivity contribution in [3.8, 4) is 5.75 Å². The zero-order chi connectivity index (χ0) is 22.2. The molecule has 0 spiro atoms. The molecule has 31 heavy (non-hydrogen) atoms. The number of carbonyl (C=O) groups is 2. The van der Waals surface area contributed by atoms with Gasteiger partial charge in [-0.25, -0.2) is 5.43 Å². The SMILES string of the molecule is O=C(COc1ccc(/C=N\NC(=O)c2ccccc2Br)cc1)Nc1cc(Cl)ccc1Cl. The number of ether oxygens (including phenoxy) is 1. The Kier molecular flexibility index (Phi) is 8.06. The number of hydrogen-bond donors (Lipinski definition) is 2. The van der Waals surface area contributed by atoms with E-state index in [0.29, 0.717) is 31.5 Å². The van der Waals surface area contributed by atoms with Gasteiger partial charge in [-0.2, -0.15) is 5.10 Å². The largest absolute Gasteiger partial charge is 0.484 e. The van der Waals surface area contributed by atoms with E-state index in [0.717, 1.165) is 5.56 Å². The van der Waals surface area contributed by atoms with Crippen LogP contribution in [0.3, 0.4) is 0 Å². The highest BCUT2D eigenvalue weighted by molar-refractivity contribution is 9.10. The predicted molar refractivity (Wildman–Crippen MR) is 126 cm³/mol. The minimum Gasteiger partial charge on any atom is -0.484 e. The van der Waals surface area contributed by atoms with Gasteiger partial charge in [0.1, 0.15) is 5.75 Å². The van der Waals surface area contributed by atoms with Crippen molar-refractivity contribution in [2.45, 2.75) is 0 Å². The van der Waals surface area contributed by atoms with Crippen LogP contribution in [0.25, 0.3) is 0 Å². The molecular formula is C22H16BrCl2N3O3. The van der Waals surface area contributed by atoms with Crippen molar-refractivity contribution in [2.75, 3.05) is 11.9 Å². The first-order chi connectivity index (χ1) is 14.9. The molecular weight excluding hydrogens is 505 g/mol. The molecule has 0 aliphatic rings. The Morgan fingerprint density at radius 1 is 1.03 bits per heavy atom. The lowest BCUT2D eigenvalue weighted by Crippen LogP contribution is -2.20. The van der Waals surface area contributed by atoms with E-state index < -0.39 is 0 Å². The summed E-state index contributed by atoms with van der Waals surface area (Å²) >= 11 is 15.2. The van der Waals surface area contributed by atoms with Gasteiger partial charge in [0.05, 0.1) is 22.5 Å². The van der Waals surface area contributed by atoms with Gasteiger partial charge in [0.2, 0.25) is 0 Å². The van der Waals surface area contributed by atoms with Gasteiger partial charge in [0.15, 0.2) is 6.61 Å². The molecule has 2 amide bonds. The summed E-state index contributed by atoms with van der Waals surface area (Å²) in [6, 6.07) is 18.7. The number of benzene rings is 3. The van der Waals surface area contributed by atoms with E-state index in [-0.39, 0.29) is 18.4 Å². The summed E-state index contributed by atoms with van der Waals surface area (Å²) in [5.41, 5.74) is 4.12. The summed E-state index contributed by atoms with van der Waals surface area (Å²) in [5.74, 6) is -0.194. The topological polar surface area (TPSA) is 79.8 Å². The van der Waals surface area contributed by atoms with Crippen LogP contribution in [0.2, 0.25) is 10.0 Å². The van der Waals surface area contributed by atoms with E-state index in [2.05, 4.69) is 31.8 Å². The molecule has 0 radical (unpaired) electrons. The van der Waals surface area contributed by atoms with Gasteiger partial charge in [-0.15, -0.1) is 0 Å². The van der Waals surface area contributed by atoms with E-state index in [9.17, 15) is 9.59 Å². The first kappa shape index (κ1) is 22.8. The maximum absolute atomic E-state index is 12.1. The third kappa shape index (κ3) is 6.82. The van der Waals surface area contributed by atoms with Gasteiger partial charge in [-0.1, -0.05) is 35.3 Å². The van der Waals surface area contributed by atoms with Crippen LogP contribution >= 0.6 is 39.1 Å². The van der Waals surface area contributed by atoms with Gasteiger partial charge in [-0.05, 0) is 76.1 Å². The van der Waals surface area contributed by atoms with Gasteiger partial charge >= 0.3 is 0 Å². The van der Waals surface area contributed by atoms with Crippen molar-refractivity contribution >= 4 is 62.8 Å². The standard InChI is InChI=1S/C22H16BrCl2N3O3/c23-18-4-2-1-3-17(18)22(30)28-26-12-14-5-8-16(9-6-14)31-13-21(29)27-20-11-15(24)7-10-19(20)25/h1-12H,13H2,(H,27,29)(H,28,30)/b26-12-. The second-order valence-electron chi connectivity index (χ2n) is 6.21. The number of hydrogen-bond acceptors (Lipinski definition) is 4. The number of hydrazone groups is 1. The summed E-state index contributed by atoms with van der Waals surface area (Å²) < 4.78 is 6.16. The molecule has 0 saturated carbocycles. The van der Waals surface area contributed by atoms with Crippen molar-refractivity contribution in [1.29, 1.82) is 0 Å². The van der Waals surface area contributed by atoms with E-state index in [1.165, 1.54) is 6.21 Å². The number of amides is 2. The van der Waals surface area contributed by atoms with Crippen molar-refractivity contribution in [3.05, 3.63) is 92.4 Å². The first-order valence-electron chi connectivity index (χ1n) is 8.98. The number of anilines is 1. The quantitative estimate of drug-likeness (QED) is 0.317. The highest BCUT2D eigenvalue weighted by Crippen LogP contribution is 2.25. The van der Waals surface area contributed by atoms with Gasteiger partial charge in [0.25, 0.3) is 11.8 Å². The summed E-state index contributed by atoms with van der Waals surface area (Å²) in [6.07, 6.45) is 1.51. The van der Waals surface area contributed by atoms with Crippen LogP contribution in [0.4, 0.5) is 5.69 Å². The number of nitrogens with one attached hydrogen (secondary N) is 2. The van der Waals surface area contributed by atoms with Crippen LogP contribution in [-0.2, 0) is 4.79 Å². The van der Waals surface area contributed by atoms with Gasteiger partial charge < -0.3 is 10.1 Å². The van der Waals surface area contributed by atoms with Crippen molar-refractivity contribution < 1.29 is 14.3 Å². The summed E-state index contributed by atoms with van der Waals surface area (Å²) in [7, 11) is 0. The summed E-state index contributed by atoms with van der Waals surface area (Å²) in [4.78, 5) is 24.2. The molecule has 0 aliphatic carbocycles. The number of halogens is 3. The van der Waals surface area contributed by atoms with E-state index >= 15 is 0 Å². The maximum atomic E-state index is 12.1. The molecule has 3 aromatic rings. The highest BCUT2D eigenvalue weighted by atomic mass is 79.9. The number of nitrogens with zero attached hydrogens (tertiary/aromatic N) is 1. The Bertz CT molecular complexity index is 1120. The molecule has 0 saturated heterocycles. The lowest BCUT2D eigenvalue weighted by molar-refractivity contribution is -0.118. The summed E-state index contributed by atoms with van der Waals surface area (Å²) in [5, 5.41) is 7.44. The molecule has 3 aromatic carbocycles. The Balaban J connectivity index is 1.49. The molecule has 0 bridgehead atoms. The lowest BCUT2D eigenvalue weighted by Gasteiger charge is -2.09. The normalized spacial score (nSPS) is 10.7.